The third-order valence-electron chi connectivity index (χ3n) is 3.21. The van der Waals surface area contributed by atoms with Crippen molar-refractivity contribution in [3.63, 3.8) is 0 Å². The van der Waals surface area contributed by atoms with Crippen LogP contribution in [-0.2, 0) is 11.2 Å². The van der Waals surface area contributed by atoms with Gasteiger partial charge in [-0.15, -0.1) is 0 Å². The predicted molar refractivity (Wildman–Crippen MR) is 85.3 cm³/mol. The number of esters is 1. The molecule has 0 aliphatic rings. The number of carbonyl (C=O) groups excluding carboxylic acids is 1. The van der Waals surface area contributed by atoms with Gasteiger partial charge in [0.25, 0.3) is 0 Å². The van der Waals surface area contributed by atoms with Gasteiger partial charge in [-0.3, -0.25) is 0 Å². The second kappa shape index (κ2) is 8.17. The summed E-state index contributed by atoms with van der Waals surface area (Å²) in [7, 11) is 0. The van der Waals surface area contributed by atoms with Gasteiger partial charge >= 0.3 is 5.97 Å². The Kier molecular flexibility index (Phi) is 5.95. The zero-order valence-electron chi connectivity index (χ0n) is 13.0. The molecule has 0 atom stereocenters. The van der Waals surface area contributed by atoms with Crippen LogP contribution in [0.25, 0.3) is 0 Å². The molecule has 1 aromatic heterocycles. The predicted octanol–water partition coefficient (Wildman–Crippen LogP) is 4.39. The van der Waals surface area contributed by atoms with Crippen molar-refractivity contribution in [1.29, 1.82) is 0 Å². The molecule has 0 aliphatic heterocycles. The van der Waals surface area contributed by atoms with E-state index in [1.807, 2.05) is 12.1 Å². The van der Waals surface area contributed by atoms with Crippen LogP contribution in [0.15, 0.2) is 42.6 Å². The van der Waals surface area contributed by atoms with Crippen LogP contribution < -0.4 is 4.74 Å². The Hall–Kier alpha value is -2.36. The SMILES string of the molecule is CCCCc1ccc(Oc2ccc(C(=O)OCC)cn2)cc1. The van der Waals surface area contributed by atoms with Crippen molar-refractivity contribution < 1.29 is 14.3 Å². The quantitative estimate of drug-likeness (QED) is 0.711. The molecule has 116 valence electrons. The van der Waals surface area contributed by atoms with Gasteiger partial charge in [-0.25, -0.2) is 9.78 Å². The highest BCUT2D eigenvalue weighted by Gasteiger charge is 2.07. The Balaban J connectivity index is 1.97. The van der Waals surface area contributed by atoms with E-state index in [1.54, 1.807) is 19.1 Å². The molecule has 0 aliphatic carbocycles. The van der Waals surface area contributed by atoms with Gasteiger partial charge in [0.1, 0.15) is 5.75 Å². The molecule has 0 radical (unpaired) electrons. The minimum Gasteiger partial charge on any atom is -0.462 e. The van der Waals surface area contributed by atoms with Crippen molar-refractivity contribution in [2.75, 3.05) is 6.61 Å². The van der Waals surface area contributed by atoms with E-state index < -0.39 is 0 Å². The fourth-order valence-electron chi connectivity index (χ4n) is 2.00. The number of ether oxygens (including phenoxy) is 2. The molecular weight excluding hydrogens is 278 g/mol. The fourth-order valence-corrected chi connectivity index (χ4v) is 2.00. The molecule has 0 fully saturated rings. The van der Waals surface area contributed by atoms with Crippen LogP contribution in [0.3, 0.4) is 0 Å². The third kappa shape index (κ3) is 4.58. The largest absolute Gasteiger partial charge is 0.462 e. The molecule has 0 amide bonds. The van der Waals surface area contributed by atoms with E-state index in [0.717, 1.165) is 12.2 Å². The molecule has 4 nitrogen and oxygen atoms in total. The Labute approximate surface area is 131 Å². The Bertz CT molecular complexity index is 591. The maximum atomic E-state index is 11.5. The van der Waals surface area contributed by atoms with Crippen LogP contribution in [0.1, 0.15) is 42.6 Å². The van der Waals surface area contributed by atoms with Gasteiger partial charge in [-0.05, 0) is 43.5 Å². The molecule has 0 saturated heterocycles. The lowest BCUT2D eigenvalue weighted by Crippen LogP contribution is -2.04. The van der Waals surface area contributed by atoms with Crippen LogP contribution in [0.5, 0.6) is 11.6 Å². The summed E-state index contributed by atoms with van der Waals surface area (Å²) in [6.07, 6.45) is 4.93. The number of benzene rings is 1. The van der Waals surface area contributed by atoms with Crippen LogP contribution in [0.4, 0.5) is 0 Å². The monoisotopic (exact) mass is 299 g/mol. The molecule has 2 aromatic rings. The molecule has 0 unspecified atom stereocenters. The van der Waals surface area contributed by atoms with Crippen molar-refractivity contribution in [2.45, 2.75) is 33.1 Å². The normalized spacial score (nSPS) is 10.3. The molecule has 0 bridgehead atoms. The Morgan fingerprint density at radius 1 is 1.09 bits per heavy atom. The lowest BCUT2D eigenvalue weighted by molar-refractivity contribution is 0.0526. The molecule has 2 rings (SSSR count). The van der Waals surface area contributed by atoms with Gasteiger partial charge in [0, 0.05) is 12.3 Å². The average Bonchev–Trinajstić information content (AvgIpc) is 2.55. The third-order valence-corrected chi connectivity index (χ3v) is 3.21. The highest BCUT2D eigenvalue weighted by Crippen LogP contribution is 2.20. The summed E-state index contributed by atoms with van der Waals surface area (Å²) >= 11 is 0. The van der Waals surface area contributed by atoms with E-state index in [1.165, 1.54) is 24.6 Å². The zero-order chi connectivity index (χ0) is 15.8. The number of pyridine rings is 1. The molecule has 1 heterocycles. The zero-order valence-corrected chi connectivity index (χ0v) is 13.0. The number of unbranched alkanes of at least 4 members (excludes halogenated alkanes) is 1. The van der Waals surface area contributed by atoms with Crippen molar-refractivity contribution in [1.82, 2.24) is 4.98 Å². The van der Waals surface area contributed by atoms with Crippen LogP contribution in [-0.4, -0.2) is 17.6 Å². The highest BCUT2D eigenvalue weighted by molar-refractivity contribution is 5.89. The second-order valence-corrected chi connectivity index (χ2v) is 4.96. The lowest BCUT2D eigenvalue weighted by atomic mass is 10.1. The van der Waals surface area contributed by atoms with Gasteiger partial charge in [-0.2, -0.15) is 0 Å². The number of aryl methyl sites for hydroxylation is 1. The van der Waals surface area contributed by atoms with Crippen LogP contribution >= 0.6 is 0 Å². The topological polar surface area (TPSA) is 48.4 Å². The maximum Gasteiger partial charge on any atom is 0.339 e. The minimum absolute atomic E-state index is 0.349. The van der Waals surface area contributed by atoms with Crippen molar-refractivity contribution in [3.8, 4) is 11.6 Å². The van der Waals surface area contributed by atoms with Crippen LogP contribution in [0, 0.1) is 0 Å². The van der Waals surface area contributed by atoms with E-state index in [2.05, 4.69) is 24.0 Å². The van der Waals surface area contributed by atoms with E-state index in [0.29, 0.717) is 18.1 Å². The number of hydrogen-bond donors (Lipinski definition) is 0. The van der Waals surface area contributed by atoms with Gasteiger partial charge in [-0.1, -0.05) is 25.5 Å². The van der Waals surface area contributed by atoms with Crippen molar-refractivity contribution >= 4 is 5.97 Å². The van der Waals surface area contributed by atoms with Gasteiger partial charge < -0.3 is 9.47 Å². The summed E-state index contributed by atoms with van der Waals surface area (Å²) in [6.45, 7) is 4.30. The average molecular weight is 299 g/mol. The number of rotatable bonds is 7. The molecule has 1 aromatic carbocycles. The molecule has 0 N–H and O–H groups in total. The fraction of sp³-hybridized carbons (Fsp3) is 0.333. The van der Waals surface area contributed by atoms with Crippen molar-refractivity contribution in [2.24, 2.45) is 0 Å². The van der Waals surface area contributed by atoms with Gasteiger partial charge in [0.2, 0.25) is 5.88 Å². The summed E-state index contributed by atoms with van der Waals surface area (Å²) in [5.41, 5.74) is 1.73. The second-order valence-electron chi connectivity index (χ2n) is 4.96. The van der Waals surface area contributed by atoms with E-state index in [-0.39, 0.29) is 5.97 Å². The standard InChI is InChI=1S/C18H21NO3/c1-3-5-6-14-7-10-16(11-8-14)22-17-12-9-15(13-19-17)18(20)21-4-2/h7-13H,3-6H2,1-2H3. The minimum atomic E-state index is -0.373. The summed E-state index contributed by atoms with van der Waals surface area (Å²) < 4.78 is 10.6. The van der Waals surface area contributed by atoms with E-state index in [4.69, 9.17) is 9.47 Å². The first-order valence-electron chi connectivity index (χ1n) is 7.63. The smallest absolute Gasteiger partial charge is 0.339 e. The number of aromatic nitrogens is 1. The van der Waals surface area contributed by atoms with Gasteiger partial charge in [0.05, 0.1) is 12.2 Å². The summed E-state index contributed by atoms with van der Waals surface area (Å²) in [5.74, 6) is 0.813. The van der Waals surface area contributed by atoms with E-state index in [9.17, 15) is 4.79 Å². The Morgan fingerprint density at radius 2 is 1.86 bits per heavy atom. The van der Waals surface area contributed by atoms with Crippen LogP contribution in [0.2, 0.25) is 0 Å². The maximum absolute atomic E-state index is 11.5. The Morgan fingerprint density at radius 3 is 2.45 bits per heavy atom. The summed E-state index contributed by atoms with van der Waals surface area (Å²) in [5, 5.41) is 0. The van der Waals surface area contributed by atoms with Crippen molar-refractivity contribution in [3.05, 3.63) is 53.7 Å². The number of carbonyl (C=O) groups is 1. The summed E-state index contributed by atoms with van der Waals surface area (Å²) in [4.78, 5) is 15.7. The first-order chi connectivity index (χ1) is 10.7. The molecule has 4 heteroatoms. The highest BCUT2D eigenvalue weighted by atomic mass is 16.5. The molecule has 0 spiro atoms. The molecular formula is C18H21NO3. The number of nitrogens with zero attached hydrogens (tertiary/aromatic N) is 1. The summed E-state index contributed by atoms with van der Waals surface area (Å²) in [6, 6.07) is 11.3. The van der Waals surface area contributed by atoms with E-state index >= 15 is 0 Å². The lowest BCUT2D eigenvalue weighted by Gasteiger charge is -2.07. The first-order valence-corrected chi connectivity index (χ1v) is 7.63. The molecule has 0 saturated carbocycles. The number of hydrogen-bond acceptors (Lipinski definition) is 4. The molecule has 22 heavy (non-hydrogen) atoms. The van der Waals surface area contributed by atoms with Gasteiger partial charge in [0.15, 0.2) is 0 Å². The first kappa shape index (κ1) is 16.0.